The van der Waals surface area contributed by atoms with Gasteiger partial charge in [0.25, 0.3) is 5.91 Å². The first-order valence-electron chi connectivity index (χ1n) is 6.76. The molecular weight excluding hydrogens is 240 g/mol. The summed E-state index contributed by atoms with van der Waals surface area (Å²) >= 11 is 0. The van der Waals surface area contributed by atoms with Gasteiger partial charge in [0.1, 0.15) is 11.5 Å². The zero-order chi connectivity index (χ0) is 13.8. The van der Waals surface area contributed by atoms with Crippen molar-refractivity contribution in [2.45, 2.75) is 31.8 Å². The number of pyridine rings is 1. The van der Waals surface area contributed by atoms with Gasteiger partial charge in [-0.3, -0.25) is 4.79 Å². The van der Waals surface area contributed by atoms with Gasteiger partial charge >= 0.3 is 0 Å². The number of aromatic nitrogens is 1. The number of hydrogen-bond acceptors (Lipinski definition) is 4. The molecule has 1 fully saturated rings. The molecule has 1 amide bonds. The highest BCUT2D eigenvalue weighted by Crippen LogP contribution is 2.15. The number of piperidine rings is 1. The molecule has 1 aromatic rings. The molecule has 2 heterocycles. The van der Waals surface area contributed by atoms with Crippen LogP contribution in [0, 0.1) is 0 Å². The minimum absolute atomic E-state index is 0.0844. The zero-order valence-corrected chi connectivity index (χ0v) is 11.8. The summed E-state index contributed by atoms with van der Waals surface area (Å²) < 4.78 is 0. The monoisotopic (exact) mass is 262 g/mol. The lowest BCUT2D eigenvalue weighted by Gasteiger charge is -2.35. The molecule has 2 atom stereocenters. The number of anilines is 1. The van der Waals surface area contributed by atoms with E-state index in [-0.39, 0.29) is 11.9 Å². The predicted molar refractivity (Wildman–Crippen MR) is 76.4 cm³/mol. The molecule has 1 aromatic heterocycles. The summed E-state index contributed by atoms with van der Waals surface area (Å²) in [6.07, 6.45) is 1.99. The Hall–Kier alpha value is -1.62. The molecule has 0 radical (unpaired) electrons. The quantitative estimate of drug-likeness (QED) is 0.863. The van der Waals surface area contributed by atoms with E-state index in [9.17, 15) is 4.79 Å². The second-order valence-electron chi connectivity index (χ2n) is 5.18. The van der Waals surface area contributed by atoms with Crippen LogP contribution in [0.1, 0.15) is 30.3 Å². The molecule has 19 heavy (non-hydrogen) atoms. The van der Waals surface area contributed by atoms with Gasteiger partial charge in [-0.15, -0.1) is 0 Å². The Morgan fingerprint density at radius 3 is 2.95 bits per heavy atom. The Kier molecular flexibility index (Phi) is 4.37. The fourth-order valence-electron chi connectivity index (χ4n) is 2.38. The van der Waals surface area contributed by atoms with Crippen molar-refractivity contribution in [3.8, 4) is 0 Å². The number of likely N-dealkylation sites (tertiary alicyclic amines) is 1. The normalized spacial score (nSPS) is 23.9. The first-order valence-corrected chi connectivity index (χ1v) is 6.76. The highest BCUT2D eigenvalue weighted by atomic mass is 16.1. The molecule has 1 aliphatic heterocycles. The lowest BCUT2D eigenvalue weighted by molar-refractivity contribution is 0.0891. The van der Waals surface area contributed by atoms with Crippen LogP contribution < -0.4 is 10.6 Å². The van der Waals surface area contributed by atoms with Crippen LogP contribution in [0.15, 0.2) is 18.2 Å². The average molecular weight is 262 g/mol. The largest absolute Gasteiger partial charge is 0.373 e. The van der Waals surface area contributed by atoms with Crippen LogP contribution in [0.2, 0.25) is 0 Å². The molecule has 5 heteroatoms. The zero-order valence-electron chi connectivity index (χ0n) is 11.8. The number of carbonyl (C=O) groups excluding carboxylic acids is 1. The number of hydrogen-bond donors (Lipinski definition) is 2. The van der Waals surface area contributed by atoms with Gasteiger partial charge in [-0.05, 0) is 38.9 Å². The highest BCUT2D eigenvalue weighted by Gasteiger charge is 2.24. The van der Waals surface area contributed by atoms with E-state index < -0.39 is 0 Å². The Morgan fingerprint density at radius 2 is 2.26 bits per heavy atom. The highest BCUT2D eigenvalue weighted by molar-refractivity contribution is 5.92. The number of rotatable bonds is 3. The van der Waals surface area contributed by atoms with Gasteiger partial charge in [0, 0.05) is 25.7 Å². The molecule has 1 saturated heterocycles. The molecule has 0 spiro atoms. The first kappa shape index (κ1) is 13.8. The van der Waals surface area contributed by atoms with E-state index in [2.05, 4.69) is 34.5 Å². The van der Waals surface area contributed by atoms with Gasteiger partial charge < -0.3 is 15.5 Å². The van der Waals surface area contributed by atoms with Crippen molar-refractivity contribution >= 4 is 11.7 Å². The minimum atomic E-state index is -0.0844. The van der Waals surface area contributed by atoms with E-state index in [4.69, 9.17) is 0 Å². The van der Waals surface area contributed by atoms with Crippen molar-refractivity contribution in [3.63, 3.8) is 0 Å². The fraction of sp³-hybridized carbons (Fsp3) is 0.571. The van der Waals surface area contributed by atoms with Gasteiger partial charge in [-0.1, -0.05) is 6.07 Å². The second kappa shape index (κ2) is 6.02. The van der Waals surface area contributed by atoms with E-state index in [1.165, 1.54) is 0 Å². The number of nitrogens with zero attached hydrogens (tertiary/aromatic N) is 2. The summed E-state index contributed by atoms with van der Waals surface area (Å²) in [5.74, 6) is 0.628. The summed E-state index contributed by atoms with van der Waals surface area (Å²) in [5.41, 5.74) is 0.471. The predicted octanol–water partition coefficient (Wildman–Crippen LogP) is 1.34. The number of amides is 1. The van der Waals surface area contributed by atoms with Crippen LogP contribution in [0.25, 0.3) is 0 Å². The Bertz CT molecular complexity index is 449. The average Bonchev–Trinajstić information content (AvgIpc) is 2.43. The van der Waals surface area contributed by atoms with Crippen LogP contribution in [0.3, 0.4) is 0 Å². The van der Waals surface area contributed by atoms with Crippen molar-refractivity contribution in [2.24, 2.45) is 0 Å². The van der Waals surface area contributed by atoms with E-state index in [1.807, 2.05) is 12.1 Å². The van der Waals surface area contributed by atoms with Gasteiger partial charge in [0.2, 0.25) is 0 Å². The lowest BCUT2D eigenvalue weighted by Crippen LogP contribution is -2.47. The van der Waals surface area contributed by atoms with E-state index in [0.717, 1.165) is 19.4 Å². The van der Waals surface area contributed by atoms with Crippen molar-refractivity contribution in [1.29, 1.82) is 0 Å². The smallest absolute Gasteiger partial charge is 0.270 e. The summed E-state index contributed by atoms with van der Waals surface area (Å²) in [6, 6.07) is 6.18. The maximum Gasteiger partial charge on any atom is 0.270 e. The Balaban J connectivity index is 1.97. The third kappa shape index (κ3) is 3.44. The molecule has 2 unspecified atom stereocenters. The lowest BCUT2D eigenvalue weighted by atomic mass is 9.99. The maximum absolute atomic E-state index is 12.2. The molecular formula is C14H22N4O. The third-order valence-electron chi connectivity index (χ3n) is 3.78. The number of carbonyl (C=O) groups is 1. The fourth-order valence-corrected chi connectivity index (χ4v) is 2.38. The summed E-state index contributed by atoms with van der Waals surface area (Å²) in [4.78, 5) is 18.7. The molecule has 5 nitrogen and oxygen atoms in total. The molecule has 0 aliphatic carbocycles. The molecule has 1 aliphatic rings. The topological polar surface area (TPSA) is 57.3 Å². The molecule has 0 saturated carbocycles. The maximum atomic E-state index is 12.2. The van der Waals surface area contributed by atoms with Gasteiger partial charge in [-0.2, -0.15) is 0 Å². The van der Waals surface area contributed by atoms with Crippen molar-refractivity contribution in [1.82, 2.24) is 15.2 Å². The molecule has 2 rings (SSSR count). The molecule has 104 valence electrons. The minimum Gasteiger partial charge on any atom is -0.373 e. The Morgan fingerprint density at radius 1 is 1.47 bits per heavy atom. The SMILES string of the molecule is CNc1cccc(C(=O)NC2CCN(C)C(C)C2)n1. The van der Waals surface area contributed by atoms with E-state index in [0.29, 0.717) is 17.6 Å². The van der Waals surface area contributed by atoms with Crippen molar-refractivity contribution in [3.05, 3.63) is 23.9 Å². The Labute approximate surface area is 114 Å². The molecule has 0 aromatic carbocycles. The van der Waals surface area contributed by atoms with Crippen molar-refractivity contribution < 1.29 is 4.79 Å². The standard InChI is InChI=1S/C14H22N4O/c1-10-9-11(7-8-18(10)3)16-14(19)12-5-4-6-13(15-2)17-12/h4-6,10-11H,7-9H2,1-3H3,(H,15,17)(H,16,19). The molecule has 2 N–H and O–H groups in total. The number of nitrogens with one attached hydrogen (secondary N) is 2. The first-order chi connectivity index (χ1) is 9.10. The summed E-state index contributed by atoms with van der Waals surface area (Å²) in [7, 11) is 3.92. The summed E-state index contributed by atoms with van der Waals surface area (Å²) in [6.45, 7) is 3.22. The van der Waals surface area contributed by atoms with E-state index >= 15 is 0 Å². The van der Waals surface area contributed by atoms with Crippen LogP contribution in [-0.4, -0.2) is 48.5 Å². The molecule has 0 bridgehead atoms. The van der Waals surface area contributed by atoms with Gasteiger partial charge in [0.15, 0.2) is 0 Å². The van der Waals surface area contributed by atoms with Crippen LogP contribution in [0.4, 0.5) is 5.82 Å². The van der Waals surface area contributed by atoms with Crippen LogP contribution in [-0.2, 0) is 0 Å². The van der Waals surface area contributed by atoms with Crippen LogP contribution >= 0.6 is 0 Å². The summed E-state index contributed by atoms with van der Waals surface area (Å²) in [5, 5.41) is 6.02. The van der Waals surface area contributed by atoms with E-state index in [1.54, 1.807) is 13.1 Å². The van der Waals surface area contributed by atoms with Gasteiger partial charge in [0.05, 0.1) is 0 Å². The second-order valence-corrected chi connectivity index (χ2v) is 5.18. The van der Waals surface area contributed by atoms with Crippen molar-refractivity contribution in [2.75, 3.05) is 26.0 Å². The van der Waals surface area contributed by atoms with Crippen LogP contribution in [0.5, 0.6) is 0 Å². The third-order valence-corrected chi connectivity index (χ3v) is 3.78. The van der Waals surface area contributed by atoms with Gasteiger partial charge in [-0.25, -0.2) is 4.98 Å².